The maximum Gasteiger partial charge on any atom is 0.326 e. The molecule has 26 heavy (non-hydrogen) atoms. The van der Waals surface area contributed by atoms with Crippen LogP contribution >= 0.6 is 23.4 Å². The summed E-state index contributed by atoms with van der Waals surface area (Å²) in [5, 5.41) is 0.273. The Morgan fingerprint density at radius 3 is 2.69 bits per heavy atom. The van der Waals surface area contributed by atoms with Gasteiger partial charge < -0.3 is 10.5 Å². The molecule has 2 atom stereocenters. The molecule has 3 rings (SSSR count). The zero-order valence-electron chi connectivity index (χ0n) is 14.2. The Kier molecular flexibility index (Phi) is 5.86. The Hall–Kier alpha value is -2.02. The van der Waals surface area contributed by atoms with Gasteiger partial charge in [0.2, 0.25) is 5.91 Å². The van der Waals surface area contributed by atoms with E-state index < -0.39 is 12.0 Å². The minimum atomic E-state index is -0.803. The number of carbonyl (C=O) groups is 2. The smallest absolute Gasteiger partial charge is 0.326 e. The number of fused-ring (bicyclic) bond motifs is 1. The number of amides is 1. The molecule has 0 aliphatic carbocycles. The van der Waals surface area contributed by atoms with Crippen LogP contribution in [0.3, 0.4) is 0 Å². The van der Waals surface area contributed by atoms with Crippen LogP contribution in [0, 0.1) is 0 Å². The van der Waals surface area contributed by atoms with Crippen molar-refractivity contribution in [1.29, 1.82) is 0 Å². The van der Waals surface area contributed by atoms with E-state index in [0.29, 0.717) is 10.7 Å². The van der Waals surface area contributed by atoms with E-state index in [1.807, 2.05) is 30.3 Å². The summed E-state index contributed by atoms with van der Waals surface area (Å²) in [6.07, 6.45) is 0. The predicted octanol–water partition coefficient (Wildman–Crippen LogP) is 3.41. The van der Waals surface area contributed by atoms with Crippen molar-refractivity contribution in [2.45, 2.75) is 23.1 Å². The fraction of sp³-hybridized carbons (Fsp3) is 0.263. The van der Waals surface area contributed by atoms with Crippen LogP contribution in [0.5, 0.6) is 0 Å². The number of carbonyl (C=O) groups excluding carboxylic acids is 2. The lowest BCUT2D eigenvalue weighted by Crippen LogP contribution is -2.47. The van der Waals surface area contributed by atoms with Gasteiger partial charge in [-0.3, -0.25) is 14.5 Å². The van der Waals surface area contributed by atoms with E-state index in [4.69, 9.17) is 22.1 Å². The van der Waals surface area contributed by atoms with Crippen molar-refractivity contribution in [3.05, 3.63) is 59.1 Å². The minimum Gasteiger partial charge on any atom is -0.465 e. The highest BCUT2D eigenvalue weighted by molar-refractivity contribution is 7.99. The Bertz CT molecular complexity index is 816. The fourth-order valence-corrected chi connectivity index (χ4v) is 4.42. The standard InChI is InChI=1S/C19H19ClN2O3S/c1-2-25-16(23)11-22-14-9-8-13(20)10-15(14)26-18(17(21)19(22)24)12-6-4-3-5-7-12/h3-10,17-18H,2,11,21H2,1H3/t17-,18+/m1/s1. The topological polar surface area (TPSA) is 72.6 Å². The molecule has 0 radical (unpaired) electrons. The van der Waals surface area contributed by atoms with Gasteiger partial charge in [-0.2, -0.15) is 0 Å². The fourth-order valence-electron chi connectivity index (χ4n) is 2.86. The molecule has 0 saturated carbocycles. The van der Waals surface area contributed by atoms with Crippen LogP contribution in [-0.2, 0) is 14.3 Å². The van der Waals surface area contributed by atoms with E-state index >= 15 is 0 Å². The van der Waals surface area contributed by atoms with E-state index in [2.05, 4.69) is 0 Å². The lowest BCUT2D eigenvalue weighted by molar-refractivity contribution is -0.142. The Labute approximate surface area is 161 Å². The molecule has 0 spiro atoms. The third-order valence-corrected chi connectivity index (χ3v) is 5.70. The van der Waals surface area contributed by atoms with Crippen LogP contribution < -0.4 is 10.6 Å². The maximum absolute atomic E-state index is 13.1. The number of ether oxygens (including phenoxy) is 1. The van der Waals surface area contributed by atoms with Crippen LogP contribution in [0.25, 0.3) is 0 Å². The summed E-state index contributed by atoms with van der Waals surface area (Å²) < 4.78 is 5.01. The van der Waals surface area contributed by atoms with Crippen molar-refractivity contribution in [3.63, 3.8) is 0 Å². The normalized spacial score (nSPS) is 19.7. The average molecular weight is 391 g/mol. The largest absolute Gasteiger partial charge is 0.465 e. The third-order valence-electron chi connectivity index (χ3n) is 4.06. The zero-order valence-corrected chi connectivity index (χ0v) is 15.8. The van der Waals surface area contributed by atoms with E-state index in [1.54, 1.807) is 25.1 Å². The summed E-state index contributed by atoms with van der Waals surface area (Å²) in [7, 11) is 0. The summed E-state index contributed by atoms with van der Waals surface area (Å²) in [4.78, 5) is 27.3. The molecule has 1 aliphatic rings. The van der Waals surface area contributed by atoms with Crippen molar-refractivity contribution in [2.75, 3.05) is 18.1 Å². The number of rotatable bonds is 4. The van der Waals surface area contributed by atoms with E-state index in [-0.39, 0.29) is 24.3 Å². The van der Waals surface area contributed by atoms with Crippen LogP contribution in [0.15, 0.2) is 53.4 Å². The molecule has 0 saturated heterocycles. The van der Waals surface area contributed by atoms with Gasteiger partial charge in [0.25, 0.3) is 0 Å². The van der Waals surface area contributed by atoms with Crippen LogP contribution in [-0.4, -0.2) is 31.1 Å². The molecule has 0 bridgehead atoms. The van der Waals surface area contributed by atoms with Crippen molar-refractivity contribution in [3.8, 4) is 0 Å². The first-order valence-electron chi connectivity index (χ1n) is 8.25. The molecule has 136 valence electrons. The van der Waals surface area contributed by atoms with Crippen molar-refractivity contribution in [1.82, 2.24) is 0 Å². The van der Waals surface area contributed by atoms with Gasteiger partial charge >= 0.3 is 5.97 Å². The molecule has 2 aromatic rings. The highest BCUT2D eigenvalue weighted by Crippen LogP contribution is 2.45. The molecule has 1 aliphatic heterocycles. The zero-order chi connectivity index (χ0) is 18.7. The number of halogens is 1. The highest BCUT2D eigenvalue weighted by Gasteiger charge is 2.37. The molecular weight excluding hydrogens is 372 g/mol. The Balaban J connectivity index is 2.04. The molecule has 0 fully saturated rings. The van der Waals surface area contributed by atoms with Gasteiger partial charge in [0, 0.05) is 9.92 Å². The van der Waals surface area contributed by atoms with Gasteiger partial charge in [-0.1, -0.05) is 41.9 Å². The SMILES string of the molecule is CCOC(=O)CN1C(=O)[C@H](N)[C@H](c2ccccc2)Sc2cc(Cl)ccc21. The first-order chi connectivity index (χ1) is 12.5. The number of hydrogen-bond donors (Lipinski definition) is 1. The van der Waals surface area contributed by atoms with Crippen molar-refractivity contribution >= 4 is 40.9 Å². The molecule has 2 aromatic carbocycles. The van der Waals surface area contributed by atoms with Gasteiger partial charge in [-0.15, -0.1) is 11.8 Å². The minimum absolute atomic E-state index is 0.183. The second kappa shape index (κ2) is 8.12. The molecule has 5 nitrogen and oxygen atoms in total. The average Bonchev–Trinajstić information content (AvgIpc) is 2.73. The quantitative estimate of drug-likeness (QED) is 0.810. The van der Waals surface area contributed by atoms with Crippen molar-refractivity contribution < 1.29 is 14.3 Å². The molecule has 0 unspecified atom stereocenters. The first-order valence-corrected chi connectivity index (χ1v) is 9.50. The maximum atomic E-state index is 13.1. The van der Waals surface area contributed by atoms with Crippen molar-refractivity contribution in [2.24, 2.45) is 5.73 Å². The van der Waals surface area contributed by atoms with Gasteiger partial charge in [0.05, 0.1) is 17.5 Å². The van der Waals surface area contributed by atoms with E-state index in [1.165, 1.54) is 16.7 Å². The number of benzene rings is 2. The predicted molar refractivity (Wildman–Crippen MR) is 103 cm³/mol. The van der Waals surface area contributed by atoms with Crippen LogP contribution in [0.2, 0.25) is 5.02 Å². The lowest BCUT2D eigenvalue weighted by Gasteiger charge is -2.24. The van der Waals surface area contributed by atoms with Crippen LogP contribution in [0.4, 0.5) is 5.69 Å². The van der Waals surface area contributed by atoms with Gasteiger partial charge in [0.1, 0.15) is 12.6 Å². The summed E-state index contributed by atoms with van der Waals surface area (Å²) in [6.45, 7) is 1.79. The number of hydrogen-bond acceptors (Lipinski definition) is 5. The summed E-state index contributed by atoms with van der Waals surface area (Å²) in [5.74, 6) is -0.794. The summed E-state index contributed by atoms with van der Waals surface area (Å²) >= 11 is 7.64. The van der Waals surface area contributed by atoms with Gasteiger partial charge in [-0.25, -0.2) is 0 Å². The second-order valence-electron chi connectivity index (χ2n) is 5.82. The summed E-state index contributed by atoms with van der Waals surface area (Å²) in [6, 6.07) is 14.0. The molecule has 7 heteroatoms. The van der Waals surface area contributed by atoms with E-state index in [9.17, 15) is 9.59 Å². The monoisotopic (exact) mass is 390 g/mol. The number of anilines is 1. The van der Waals surface area contributed by atoms with E-state index in [0.717, 1.165) is 10.5 Å². The first kappa shape index (κ1) is 18.8. The Morgan fingerprint density at radius 2 is 2.00 bits per heavy atom. The third kappa shape index (κ3) is 3.87. The number of thioether (sulfide) groups is 1. The number of esters is 1. The van der Waals surface area contributed by atoms with Crippen LogP contribution in [0.1, 0.15) is 17.7 Å². The van der Waals surface area contributed by atoms with Gasteiger partial charge in [0.15, 0.2) is 0 Å². The molecule has 1 heterocycles. The molecule has 1 amide bonds. The molecular formula is C19H19ClN2O3S. The number of nitrogens with zero attached hydrogens (tertiary/aromatic N) is 1. The Morgan fingerprint density at radius 1 is 1.27 bits per heavy atom. The lowest BCUT2D eigenvalue weighted by atomic mass is 10.0. The molecule has 0 aromatic heterocycles. The molecule has 2 N–H and O–H groups in total. The summed E-state index contributed by atoms with van der Waals surface area (Å²) in [5.41, 5.74) is 7.88. The highest BCUT2D eigenvalue weighted by atomic mass is 35.5. The second-order valence-corrected chi connectivity index (χ2v) is 7.44. The number of nitrogens with two attached hydrogens (primary N) is 1. The van der Waals surface area contributed by atoms with Gasteiger partial charge in [-0.05, 0) is 30.7 Å².